The number of hydrogen-bond donors (Lipinski definition) is 1. The lowest BCUT2D eigenvalue weighted by Gasteiger charge is -2.12. The highest BCUT2D eigenvalue weighted by Gasteiger charge is 2.16. The number of carbonyl (C=O) groups excluding carboxylic acids is 1. The highest BCUT2D eigenvalue weighted by Crippen LogP contribution is 2.27. The Hall–Kier alpha value is -2.56. The van der Waals surface area contributed by atoms with Crippen LogP contribution in [0.4, 0.5) is 11.4 Å². The van der Waals surface area contributed by atoms with Crippen LogP contribution in [0.1, 0.15) is 12.5 Å². The molecule has 1 amide bonds. The van der Waals surface area contributed by atoms with Crippen LogP contribution in [0.25, 0.3) is 0 Å². The average Bonchev–Trinajstić information content (AvgIpc) is 2.55. The number of halogens is 1. The molecule has 122 valence electrons. The molecule has 0 aliphatic heterocycles. The number of carbonyl (C=O) groups is 1. The first kappa shape index (κ1) is 17.8. The molecule has 0 saturated carbocycles. The molecular formula is C16H12ClN3O3S. The molecule has 2 aromatic rings. The fourth-order valence-corrected chi connectivity index (χ4v) is 2.92. The third kappa shape index (κ3) is 4.47. The Morgan fingerprint density at radius 1 is 1.33 bits per heavy atom. The van der Waals surface area contributed by atoms with Gasteiger partial charge in [-0.05, 0) is 37.3 Å². The predicted molar refractivity (Wildman–Crippen MR) is 93.2 cm³/mol. The van der Waals surface area contributed by atoms with Gasteiger partial charge in [0.15, 0.2) is 0 Å². The smallest absolute Gasteiger partial charge is 0.269 e. The fraction of sp³-hybridized carbons (Fsp3) is 0.125. The minimum Gasteiger partial charge on any atom is -0.325 e. The number of nitro groups is 1. The van der Waals surface area contributed by atoms with E-state index in [9.17, 15) is 14.9 Å². The van der Waals surface area contributed by atoms with Crippen molar-refractivity contribution in [1.29, 1.82) is 5.26 Å². The highest BCUT2D eigenvalue weighted by molar-refractivity contribution is 8.00. The van der Waals surface area contributed by atoms with Crippen LogP contribution in [0.15, 0.2) is 47.4 Å². The van der Waals surface area contributed by atoms with Crippen molar-refractivity contribution < 1.29 is 9.72 Å². The average molecular weight is 362 g/mol. The van der Waals surface area contributed by atoms with Gasteiger partial charge in [-0.25, -0.2) is 0 Å². The third-order valence-electron chi connectivity index (χ3n) is 3.09. The van der Waals surface area contributed by atoms with Crippen molar-refractivity contribution in [3.8, 4) is 6.07 Å². The summed E-state index contributed by atoms with van der Waals surface area (Å²) in [5.41, 5.74) is 0.840. The number of thioether (sulfide) groups is 1. The van der Waals surface area contributed by atoms with E-state index in [1.807, 2.05) is 6.07 Å². The number of anilines is 1. The molecule has 2 aromatic carbocycles. The largest absolute Gasteiger partial charge is 0.325 e. The van der Waals surface area contributed by atoms with Crippen molar-refractivity contribution in [1.82, 2.24) is 0 Å². The van der Waals surface area contributed by atoms with E-state index in [0.717, 1.165) is 4.90 Å². The Bertz CT molecular complexity index is 818. The van der Waals surface area contributed by atoms with E-state index >= 15 is 0 Å². The van der Waals surface area contributed by atoms with E-state index in [1.54, 1.807) is 25.1 Å². The molecule has 0 aromatic heterocycles. The number of hydrogen-bond acceptors (Lipinski definition) is 5. The summed E-state index contributed by atoms with van der Waals surface area (Å²) in [5.74, 6) is -0.237. The molecule has 6 nitrogen and oxygen atoms in total. The van der Waals surface area contributed by atoms with Gasteiger partial charge in [0.1, 0.15) is 6.07 Å². The first-order valence-electron chi connectivity index (χ1n) is 6.82. The maximum Gasteiger partial charge on any atom is 0.269 e. The first-order chi connectivity index (χ1) is 11.4. The number of rotatable bonds is 5. The summed E-state index contributed by atoms with van der Waals surface area (Å²) in [6, 6.07) is 12.6. The summed E-state index contributed by atoms with van der Waals surface area (Å²) in [5, 5.41) is 22.0. The van der Waals surface area contributed by atoms with Crippen LogP contribution in [-0.4, -0.2) is 16.1 Å². The molecule has 8 heteroatoms. The van der Waals surface area contributed by atoms with Gasteiger partial charge in [0, 0.05) is 22.7 Å². The second-order valence-corrected chi connectivity index (χ2v) is 6.63. The third-order valence-corrected chi connectivity index (χ3v) is 4.51. The molecular weight excluding hydrogens is 350 g/mol. The standard InChI is InChI=1S/C16H12ClN3O3S/c1-10(24-14-6-4-13(5-7-14)20(22)23)16(21)19-12-3-2-11(9-18)15(17)8-12/h2-8,10H,1H3,(H,19,21). The zero-order chi connectivity index (χ0) is 17.7. The molecule has 0 saturated heterocycles. The van der Waals surface area contributed by atoms with Crippen molar-refractivity contribution in [2.45, 2.75) is 17.1 Å². The van der Waals surface area contributed by atoms with Gasteiger partial charge >= 0.3 is 0 Å². The molecule has 1 N–H and O–H groups in total. The molecule has 0 radical (unpaired) electrons. The van der Waals surface area contributed by atoms with Crippen LogP contribution < -0.4 is 5.32 Å². The SMILES string of the molecule is CC(Sc1ccc([N+](=O)[O-])cc1)C(=O)Nc1ccc(C#N)c(Cl)c1. The van der Waals surface area contributed by atoms with E-state index in [4.69, 9.17) is 16.9 Å². The van der Waals surface area contributed by atoms with Gasteiger partial charge in [-0.15, -0.1) is 11.8 Å². The number of amides is 1. The Morgan fingerprint density at radius 2 is 2.00 bits per heavy atom. The molecule has 0 bridgehead atoms. The van der Waals surface area contributed by atoms with Crippen LogP contribution in [-0.2, 0) is 4.79 Å². The molecule has 2 rings (SSSR count). The number of benzene rings is 2. The summed E-state index contributed by atoms with van der Waals surface area (Å²) in [7, 11) is 0. The second-order valence-electron chi connectivity index (χ2n) is 4.81. The van der Waals surface area contributed by atoms with Crippen molar-refractivity contribution in [2.75, 3.05) is 5.32 Å². The zero-order valence-electron chi connectivity index (χ0n) is 12.5. The van der Waals surface area contributed by atoms with E-state index < -0.39 is 10.2 Å². The molecule has 0 fully saturated rings. The molecule has 0 aliphatic rings. The number of nitriles is 1. The summed E-state index contributed by atoms with van der Waals surface area (Å²) in [6.07, 6.45) is 0. The Balaban J connectivity index is 2.00. The van der Waals surface area contributed by atoms with Crippen LogP contribution in [0, 0.1) is 21.4 Å². The van der Waals surface area contributed by atoms with Crippen LogP contribution >= 0.6 is 23.4 Å². The maximum atomic E-state index is 12.2. The lowest BCUT2D eigenvalue weighted by Crippen LogP contribution is -2.22. The second kappa shape index (κ2) is 7.81. The van der Waals surface area contributed by atoms with Gasteiger partial charge < -0.3 is 5.32 Å². The molecule has 0 spiro atoms. The quantitative estimate of drug-likeness (QED) is 0.488. The van der Waals surface area contributed by atoms with Gasteiger partial charge in [-0.1, -0.05) is 11.6 Å². The topological polar surface area (TPSA) is 96.0 Å². The number of nitrogens with zero attached hydrogens (tertiary/aromatic N) is 2. The lowest BCUT2D eigenvalue weighted by atomic mass is 10.2. The summed E-state index contributed by atoms with van der Waals surface area (Å²) < 4.78 is 0. The van der Waals surface area contributed by atoms with Crippen LogP contribution in [0.3, 0.4) is 0 Å². The molecule has 1 atom stereocenters. The van der Waals surface area contributed by atoms with Crippen LogP contribution in [0.2, 0.25) is 5.02 Å². The van der Waals surface area contributed by atoms with E-state index in [2.05, 4.69) is 5.32 Å². The van der Waals surface area contributed by atoms with E-state index in [0.29, 0.717) is 11.3 Å². The maximum absolute atomic E-state index is 12.2. The number of nitrogens with one attached hydrogen (secondary N) is 1. The fourth-order valence-electron chi connectivity index (χ4n) is 1.83. The monoisotopic (exact) mass is 361 g/mol. The number of nitro benzene ring substituents is 1. The predicted octanol–water partition coefficient (Wildman–Crippen LogP) is 4.24. The number of non-ortho nitro benzene ring substituents is 1. The van der Waals surface area contributed by atoms with Crippen molar-refractivity contribution in [3.63, 3.8) is 0 Å². The minimum absolute atomic E-state index is 0.00341. The van der Waals surface area contributed by atoms with Crippen molar-refractivity contribution >= 4 is 40.6 Å². The minimum atomic E-state index is -0.473. The molecule has 0 aliphatic carbocycles. The Labute approximate surface area is 147 Å². The van der Waals surface area contributed by atoms with E-state index in [-0.39, 0.29) is 16.6 Å². The summed E-state index contributed by atoms with van der Waals surface area (Å²) >= 11 is 7.21. The Kier molecular flexibility index (Phi) is 5.79. The van der Waals surface area contributed by atoms with E-state index in [1.165, 1.54) is 36.0 Å². The molecule has 1 unspecified atom stereocenters. The zero-order valence-corrected chi connectivity index (χ0v) is 14.1. The van der Waals surface area contributed by atoms with Crippen LogP contribution in [0.5, 0.6) is 0 Å². The van der Waals surface area contributed by atoms with Crippen molar-refractivity contribution in [3.05, 3.63) is 63.2 Å². The van der Waals surface area contributed by atoms with Gasteiger partial charge in [0.05, 0.1) is 20.8 Å². The highest BCUT2D eigenvalue weighted by atomic mass is 35.5. The van der Waals surface area contributed by atoms with Gasteiger partial charge in [0.25, 0.3) is 5.69 Å². The van der Waals surface area contributed by atoms with Gasteiger partial charge in [0.2, 0.25) is 5.91 Å². The summed E-state index contributed by atoms with van der Waals surface area (Å²) in [4.78, 5) is 23.1. The lowest BCUT2D eigenvalue weighted by molar-refractivity contribution is -0.384. The normalized spacial score (nSPS) is 11.4. The van der Waals surface area contributed by atoms with Gasteiger partial charge in [-0.2, -0.15) is 5.26 Å². The molecule has 24 heavy (non-hydrogen) atoms. The van der Waals surface area contributed by atoms with Crippen molar-refractivity contribution in [2.24, 2.45) is 0 Å². The van der Waals surface area contributed by atoms with Gasteiger partial charge in [-0.3, -0.25) is 14.9 Å². The Morgan fingerprint density at radius 3 is 2.54 bits per heavy atom. The first-order valence-corrected chi connectivity index (χ1v) is 8.08. The summed E-state index contributed by atoms with van der Waals surface area (Å²) in [6.45, 7) is 1.73. The molecule has 0 heterocycles.